The third-order valence-electron chi connectivity index (χ3n) is 9.00. The summed E-state index contributed by atoms with van der Waals surface area (Å²) >= 11 is 0. The van der Waals surface area contributed by atoms with Crippen molar-refractivity contribution >= 4 is 15.9 Å². The van der Waals surface area contributed by atoms with Gasteiger partial charge in [-0.3, -0.25) is 9.63 Å². The normalized spacial score (nSPS) is 36.4. The van der Waals surface area contributed by atoms with Crippen LogP contribution >= 0.6 is 0 Å². The smallest absolute Gasteiger partial charge is 0.267 e. The van der Waals surface area contributed by atoms with Gasteiger partial charge in [0.25, 0.3) is 5.91 Å². The van der Waals surface area contributed by atoms with E-state index in [1.54, 1.807) is 11.3 Å². The van der Waals surface area contributed by atoms with Gasteiger partial charge in [-0.2, -0.15) is 5.06 Å². The standard InChI is InChI=1S/C25H30N2O5S/c1-24(2)18-10-11-25(24)16-33(29,30)27(22(25)13-18)23(28)21-14-19(20-9-6-12-31-20)26(32-21)15-17-7-4-3-5-8-17/h3-9,12,18-19,21-22H,10-11,13-16H2,1-2H3/t18-,19-,21-,22-,25-/m1/s1. The second kappa shape index (κ2) is 7.17. The molecule has 6 rings (SSSR count). The fourth-order valence-electron chi connectivity index (χ4n) is 7.12. The fourth-order valence-corrected chi connectivity index (χ4v) is 9.68. The Morgan fingerprint density at radius 3 is 2.61 bits per heavy atom. The van der Waals surface area contributed by atoms with E-state index in [0.29, 0.717) is 24.6 Å². The number of fused-ring (bicyclic) bond motifs is 1. The Bertz CT molecular complexity index is 1160. The number of sulfonamides is 1. The monoisotopic (exact) mass is 470 g/mol. The van der Waals surface area contributed by atoms with Crippen LogP contribution in [0.4, 0.5) is 0 Å². The van der Waals surface area contributed by atoms with Crippen molar-refractivity contribution in [2.75, 3.05) is 5.75 Å². The molecule has 0 N–H and O–H groups in total. The number of hydroxylamine groups is 2. The van der Waals surface area contributed by atoms with Crippen LogP contribution in [0.15, 0.2) is 53.1 Å². The maximum absolute atomic E-state index is 13.8. The lowest BCUT2D eigenvalue weighted by atomic mass is 9.69. The zero-order chi connectivity index (χ0) is 23.0. The van der Waals surface area contributed by atoms with Gasteiger partial charge in [-0.15, -0.1) is 0 Å². The first-order chi connectivity index (χ1) is 15.7. The summed E-state index contributed by atoms with van der Waals surface area (Å²) in [5.41, 5.74) is 0.631. The Morgan fingerprint density at radius 1 is 1.12 bits per heavy atom. The van der Waals surface area contributed by atoms with E-state index in [9.17, 15) is 13.2 Å². The van der Waals surface area contributed by atoms with Crippen molar-refractivity contribution in [3.05, 3.63) is 60.1 Å². The molecule has 2 aliphatic carbocycles. The van der Waals surface area contributed by atoms with Crippen molar-refractivity contribution in [1.82, 2.24) is 9.37 Å². The minimum atomic E-state index is -3.68. The zero-order valence-electron chi connectivity index (χ0n) is 19.0. The molecule has 2 saturated carbocycles. The fraction of sp³-hybridized carbons (Fsp3) is 0.560. The number of hydrogen-bond donors (Lipinski definition) is 0. The van der Waals surface area contributed by atoms with Gasteiger partial charge in [-0.05, 0) is 48.3 Å². The molecule has 176 valence electrons. The van der Waals surface area contributed by atoms with E-state index < -0.39 is 22.0 Å². The second-order valence-corrected chi connectivity index (χ2v) is 12.5. The number of nitrogens with zero attached hydrogens (tertiary/aromatic N) is 2. The summed E-state index contributed by atoms with van der Waals surface area (Å²) in [6.45, 7) is 4.86. The predicted molar refractivity (Wildman–Crippen MR) is 121 cm³/mol. The highest BCUT2D eigenvalue weighted by molar-refractivity contribution is 7.90. The summed E-state index contributed by atoms with van der Waals surface area (Å²) in [5, 5.41) is 1.76. The summed E-state index contributed by atoms with van der Waals surface area (Å²) in [4.78, 5) is 19.9. The second-order valence-electron chi connectivity index (χ2n) is 10.7. The van der Waals surface area contributed by atoms with Crippen LogP contribution in [0.3, 0.4) is 0 Å². The average Bonchev–Trinajstić information content (AvgIpc) is 3.55. The zero-order valence-corrected chi connectivity index (χ0v) is 19.8. The number of carbonyl (C=O) groups is 1. The van der Waals surface area contributed by atoms with Crippen molar-refractivity contribution in [2.45, 2.75) is 64.3 Å². The third kappa shape index (κ3) is 3.00. The van der Waals surface area contributed by atoms with Gasteiger partial charge in [0.15, 0.2) is 6.10 Å². The summed E-state index contributed by atoms with van der Waals surface area (Å²) in [5.74, 6) is 0.820. The quantitative estimate of drug-likeness (QED) is 0.674. The van der Waals surface area contributed by atoms with Gasteiger partial charge in [0, 0.05) is 18.4 Å². The van der Waals surface area contributed by atoms with E-state index in [2.05, 4.69) is 13.8 Å². The first kappa shape index (κ1) is 21.4. The maximum atomic E-state index is 13.8. The van der Waals surface area contributed by atoms with Crippen LogP contribution < -0.4 is 0 Å². The number of furan rings is 1. The van der Waals surface area contributed by atoms with Crippen molar-refractivity contribution in [3.8, 4) is 0 Å². The molecular weight excluding hydrogens is 440 g/mol. The molecule has 1 spiro atoms. The van der Waals surface area contributed by atoms with E-state index in [1.165, 1.54) is 4.31 Å². The van der Waals surface area contributed by atoms with Crippen LogP contribution in [0.2, 0.25) is 0 Å². The first-order valence-corrected chi connectivity index (χ1v) is 13.4. The Balaban J connectivity index is 1.29. The molecule has 1 aromatic carbocycles. The Hall–Kier alpha value is -2.16. The molecule has 4 aliphatic rings. The van der Waals surface area contributed by atoms with Crippen molar-refractivity contribution in [1.29, 1.82) is 0 Å². The summed E-state index contributed by atoms with van der Waals surface area (Å²) in [6, 6.07) is 13.1. The molecule has 3 heterocycles. The van der Waals surface area contributed by atoms with Gasteiger partial charge >= 0.3 is 0 Å². The highest BCUT2D eigenvalue weighted by Crippen LogP contribution is 2.70. The molecule has 7 nitrogen and oxygen atoms in total. The molecule has 4 fully saturated rings. The predicted octanol–water partition coefficient (Wildman–Crippen LogP) is 3.89. The first-order valence-electron chi connectivity index (χ1n) is 11.8. The molecule has 1 amide bonds. The molecule has 0 radical (unpaired) electrons. The molecule has 2 saturated heterocycles. The number of benzene rings is 1. The minimum absolute atomic E-state index is 0.0714. The molecule has 1 aromatic heterocycles. The van der Waals surface area contributed by atoms with Crippen molar-refractivity contribution < 1.29 is 22.5 Å². The van der Waals surface area contributed by atoms with E-state index in [-0.39, 0.29) is 28.7 Å². The molecule has 0 unspecified atom stereocenters. The van der Waals surface area contributed by atoms with Gasteiger partial charge in [-0.25, -0.2) is 12.7 Å². The molecule has 8 heteroatoms. The van der Waals surface area contributed by atoms with Gasteiger partial charge in [-0.1, -0.05) is 44.2 Å². The van der Waals surface area contributed by atoms with Crippen LogP contribution in [0.5, 0.6) is 0 Å². The lowest BCUT2D eigenvalue weighted by molar-refractivity contribution is -0.185. The lowest BCUT2D eigenvalue weighted by Gasteiger charge is -2.37. The number of rotatable bonds is 4. The maximum Gasteiger partial charge on any atom is 0.267 e. The molecular formula is C25H30N2O5S. The van der Waals surface area contributed by atoms with Crippen LogP contribution in [0.1, 0.15) is 56.9 Å². The lowest BCUT2D eigenvalue weighted by Crippen LogP contribution is -2.47. The van der Waals surface area contributed by atoms with E-state index >= 15 is 0 Å². The SMILES string of the molecule is CC1(C)[C@@H]2CC[C@]13CS(=O)(=O)N(C(=O)[C@H]1C[C@H](c4ccco4)N(Cc4ccccc4)O1)[C@@H]3C2. The molecule has 33 heavy (non-hydrogen) atoms. The average molecular weight is 471 g/mol. The molecule has 2 aromatic rings. The summed E-state index contributed by atoms with van der Waals surface area (Å²) in [6.07, 6.45) is 3.80. The van der Waals surface area contributed by atoms with E-state index in [4.69, 9.17) is 9.25 Å². The summed E-state index contributed by atoms with van der Waals surface area (Å²) in [7, 11) is -3.68. The van der Waals surface area contributed by atoms with Crippen LogP contribution in [-0.4, -0.2) is 41.6 Å². The van der Waals surface area contributed by atoms with Crippen molar-refractivity contribution in [2.24, 2.45) is 16.7 Å². The van der Waals surface area contributed by atoms with E-state index in [0.717, 1.165) is 24.8 Å². The molecule has 2 bridgehead atoms. The Labute approximate surface area is 194 Å². The molecule has 5 atom stereocenters. The largest absolute Gasteiger partial charge is 0.468 e. The van der Waals surface area contributed by atoms with Gasteiger partial charge < -0.3 is 4.42 Å². The van der Waals surface area contributed by atoms with Crippen LogP contribution in [0, 0.1) is 16.7 Å². The van der Waals surface area contributed by atoms with Crippen LogP contribution in [-0.2, 0) is 26.2 Å². The summed E-state index contributed by atoms with van der Waals surface area (Å²) < 4.78 is 33.6. The highest BCUT2D eigenvalue weighted by Gasteiger charge is 2.72. The Morgan fingerprint density at radius 2 is 1.91 bits per heavy atom. The Kier molecular flexibility index (Phi) is 4.64. The molecule has 2 aliphatic heterocycles. The van der Waals surface area contributed by atoms with Gasteiger partial charge in [0.1, 0.15) is 5.76 Å². The number of hydrogen-bond acceptors (Lipinski definition) is 6. The highest BCUT2D eigenvalue weighted by atomic mass is 32.2. The number of carbonyl (C=O) groups excluding carboxylic acids is 1. The minimum Gasteiger partial charge on any atom is -0.468 e. The van der Waals surface area contributed by atoms with Gasteiger partial charge in [0.05, 0.1) is 24.1 Å². The topological polar surface area (TPSA) is 80.1 Å². The number of amides is 1. The third-order valence-corrected chi connectivity index (χ3v) is 10.9. The van der Waals surface area contributed by atoms with E-state index in [1.807, 2.05) is 42.5 Å². The van der Waals surface area contributed by atoms with Crippen LogP contribution in [0.25, 0.3) is 0 Å². The van der Waals surface area contributed by atoms with Crippen molar-refractivity contribution in [3.63, 3.8) is 0 Å². The van der Waals surface area contributed by atoms with Gasteiger partial charge in [0.2, 0.25) is 10.0 Å².